The first-order valence-corrected chi connectivity index (χ1v) is 6.72. The molecule has 0 heterocycles. The molecule has 1 aliphatic rings. The van der Waals surface area contributed by atoms with Gasteiger partial charge in [-0.2, -0.15) is 0 Å². The fraction of sp³-hybridized carbons (Fsp3) is 0.385. The van der Waals surface area contributed by atoms with Gasteiger partial charge in [0.2, 0.25) is 5.91 Å². The summed E-state index contributed by atoms with van der Waals surface area (Å²) in [6, 6.07) is 4.50. The van der Waals surface area contributed by atoms with E-state index in [1.807, 2.05) is 0 Å². The Hall–Kier alpha value is -1.43. The third kappa shape index (κ3) is 3.76. The van der Waals surface area contributed by atoms with E-state index in [0.717, 1.165) is 12.8 Å². The van der Waals surface area contributed by atoms with E-state index in [2.05, 4.69) is 15.9 Å². The first-order chi connectivity index (χ1) is 8.97. The molecular weight excluding hydrogens is 317 g/mol. The molecule has 0 saturated heterocycles. The predicted molar refractivity (Wildman–Crippen MR) is 70.2 cm³/mol. The Bertz CT molecular complexity index is 517. The molecule has 0 atom stereocenters. The van der Waals surface area contributed by atoms with E-state index in [1.54, 1.807) is 6.07 Å². The fourth-order valence-electron chi connectivity index (χ4n) is 1.88. The molecule has 0 spiro atoms. The SMILES string of the molecule is O=C(O)CN(C(=O)Cc1ccc(Br)c(F)c1)C1CC1. The summed E-state index contributed by atoms with van der Waals surface area (Å²) in [4.78, 5) is 24.2. The Morgan fingerprint density at radius 3 is 2.63 bits per heavy atom. The topological polar surface area (TPSA) is 57.6 Å². The minimum Gasteiger partial charge on any atom is -0.480 e. The summed E-state index contributed by atoms with van der Waals surface area (Å²) in [6.07, 6.45) is 1.70. The minimum atomic E-state index is -1.03. The molecule has 1 fully saturated rings. The van der Waals surface area contributed by atoms with Crippen molar-refractivity contribution < 1.29 is 19.1 Å². The van der Waals surface area contributed by atoms with E-state index in [1.165, 1.54) is 17.0 Å². The molecule has 1 aromatic rings. The van der Waals surface area contributed by atoms with Crippen molar-refractivity contribution in [1.29, 1.82) is 0 Å². The van der Waals surface area contributed by atoms with Crippen LogP contribution >= 0.6 is 15.9 Å². The maximum absolute atomic E-state index is 13.3. The fourth-order valence-corrected chi connectivity index (χ4v) is 2.13. The maximum Gasteiger partial charge on any atom is 0.323 e. The number of carboxylic acid groups (broad SMARTS) is 1. The van der Waals surface area contributed by atoms with Crippen molar-refractivity contribution in [3.8, 4) is 0 Å². The Morgan fingerprint density at radius 1 is 1.42 bits per heavy atom. The van der Waals surface area contributed by atoms with E-state index >= 15 is 0 Å². The van der Waals surface area contributed by atoms with Gasteiger partial charge >= 0.3 is 5.97 Å². The highest BCUT2D eigenvalue weighted by Gasteiger charge is 2.33. The lowest BCUT2D eigenvalue weighted by atomic mass is 10.1. The number of carbonyl (C=O) groups is 2. The lowest BCUT2D eigenvalue weighted by Gasteiger charge is -2.20. The number of amides is 1. The molecule has 1 saturated carbocycles. The molecule has 1 amide bonds. The first kappa shape index (κ1) is 14.0. The summed E-state index contributed by atoms with van der Waals surface area (Å²) in [5.41, 5.74) is 0.543. The van der Waals surface area contributed by atoms with Gasteiger partial charge in [0.15, 0.2) is 0 Å². The van der Waals surface area contributed by atoms with Gasteiger partial charge < -0.3 is 10.0 Å². The van der Waals surface area contributed by atoms with E-state index < -0.39 is 11.8 Å². The molecular formula is C13H13BrFNO3. The summed E-state index contributed by atoms with van der Waals surface area (Å²) >= 11 is 3.04. The highest BCUT2D eigenvalue weighted by Crippen LogP contribution is 2.27. The molecule has 102 valence electrons. The van der Waals surface area contributed by atoms with E-state index in [9.17, 15) is 14.0 Å². The Labute approximate surface area is 118 Å². The van der Waals surface area contributed by atoms with Crippen LogP contribution in [0.4, 0.5) is 4.39 Å². The van der Waals surface area contributed by atoms with Crippen molar-refractivity contribution >= 4 is 27.8 Å². The van der Waals surface area contributed by atoms with Crippen molar-refractivity contribution in [2.45, 2.75) is 25.3 Å². The quantitative estimate of drug-likeness (QED) is 0.901. The molecule has 19 heavy (non-hydrogen) atoms. The van der Waals surface area contributed by atoms with Crippen LogP contribution in [-0.2, 0) is 16.0 Å². The molecule has 6 heteroatoms. The van der Waals surface area contributed by atoms with Crippen LogP contribution in [0.3, 0.4) is 0 Å². The van der Waals surface area contributed by atoms with Gasteiger partial charge in [-0.1, -0.05) is 6.07 Å². The van der Waals surface area contributed by atoms with Crippen LogP contribution in [-0.4, -0.2) is 34.5 Å². The van der Waals surface area contributed by atoms with E-state index in [0.29, 0.717) is 10.0 Å². The normalized spacial score (nSPS) is 14.2. The average Bonchev–Trinajstić information content (AvgIpc) is 3.14. The van der Waals surface area contributed by atoms with Crippen LogP contribution in [0.2, 0.25) is 0 Å². The summed E-state index contributed by atoms with van der Waals surface area (Å²) in [5, 5.41) is 8.80. The van der Waals surface area contributed by atoms with Gasteiger partial charge in [-0.15, -0.1) is 0 Å². The van der Waals surface area contributed by atoms with E-state index in [-0.39, 0.29) is 24.9 Å². The van der Waals surface area contributed by atoms with Crippen molar-refractivity contribution in [3.63, 3.8) is 0 Å². The van der Waals surface area contributed by atoms with Gasteiger partial charge in [0.05, 0.1) is 10.9 Å². The number of aliphatic carboxylic acids is 1. The number of benzene rings is 1. The average molecular weight is 330 g/mol. The molecule has 4 nitrogen and oxygen atoms in total. The highest BCUT2D eigenvalue weighted by atomic mass is 79.9. The summed E-state index contributed by atoms with van der Waals surface area (Å²) in [6.45, 7) is -0.289. The van der Waals surface area contributed by atoms with Crippen molar-refractivity contribution in [1.82, 2.24) is 4.90 Å². The second-order valence-electron chi connectivity index (χ2n) is 4.57. The standard InChI is InChI=1S/C13H13BrFNO3/c14-10-4-1-8(5-11(10)15)6-12(17)16(7-13(18)19)9-2-3-9/h1,4-5,9H,2-3,6-7H2,(H,18,19). The lowest BCUT2D eigenvalue weighted by Crippen LogP contribution is -2.38. The van der Waals surface area contributed by atoms with Gasteiger partial charge in [0.1, 0.15) is 12.4 Å². The van der Waals surface area contributed by atoms with Crippen molar-refractivity contribution in [2.24, 2.45) is 0 Å². The van der Waals surface area contributed by atoms with Crippen molar-refractivity contribution in [2.75, 3.05) is 6.54 Å². The largest absolute Gasteiger partial charge is 0.480 e. The van der Waals surface area contributed by atoms with Crippen LogP contribution in [0.25, 0.3) is 0 Å². The molecule has 1 aliphatic carbocycles. The summed E-state index contributed by atoms with van der Waals surface area (Å²) < 4.78 is 13.7. The van der Waals surface area contributed by atoms with Gasteiger partial charge in [0.25, 0.3) is 0 Å². The van der Waals surface area contributed by atoms with Gasteiger partial charge in [-0.3, -0.25) is 9.59 Å². The summed E-state index contributed by atoms with van der Waals surface area (Å²) in [7, 11) is 0. The smallest absolute Gasteiger partial charge is 0.323 e. The lowest BCUT2D eigenvalue weighted by molar-refractivity contribution is -0.144. The molecule has 0 unspecified atom stereocenters. The van der Waals surface area contributed by atoms with Crippen LogP contribution in [0.5, 0.6) is 0 Å². The monoisotopic (exact) mass is 329 g/mol. The Kier molecular flexibility index (Phi) is 4.19. The predicted octanol–water partition coefficient (Wildman–Crippen LogP) is 2.21. The number of carbonyl (C=O) groups excluding carboxylic acids is 1. The molecule has 0 bridgehead atoms. The Morgan fingerprint density at radius 2 is 2.11 bits per heavy atom. The molecule has 0 aliphatic heterocycles. The summed E-state index contributed by atoms with van der Waals surface area (Å²) in [5.74, 6) is -1.73. The van der Waals surface area contributed by atoms with Gasteiger partial charge in [-0.25, -0.2) is 4.39 Å². The third-order valence-electron chi connectivity index (χ3n) is 2.95. The van der Waals surface area contributed by atoms with Crippen molar-refractivity contribution in [3.05, 3.63) is 34.1 Å². The molecule has 2 rings (SSSR count). The first-order valence-electron chi connectivity index (χ1n) is 5.92. The number of carboxylic acids is 1. The number of halogens is 2. The Balaban J connectivity index is 2.05. The molecule has 1 aromatic carbocycles. The van der Waals surface area contributed by atoms with Gasteiger partial charge in [0, 0.05) is 6.04 Å². The second-order valence-corrected chi connectivity index (χ2v) is 5.43. The number of hydrogen-bond acceptors (Lipinski definition) is 2. The second kappa shape index (κ2) is 5.69. The van der Waals surface area contributed by atoms with Crippen LogP contribution < -0.4 is 0 Å². The zero-order valence-electron chi connectivity index (χ0n) is 10.1. The molecule has 1 N–H and O–H groups in total. The maximum atomic E-state index is 13.3. The highest BCUT2D eigenvalue weighted by molar-refractivity contribution is 9.10. The van der Waals surface area contributed by atoms with Crippen LogP contribution in [0.1, 0.15) is 18.4 Å². The third-order valence-corrected chi connectivity index (χ3v) is 3.60. The zero-order chi connectivity index (χ0) is 14.0. The molecule has 0 aromatic heterocycles. The van der Waals surface area contributed by atoms with E-state index in [4.69, 9.17) is 5.11 Å². The van der Waals surface area contributed by atoms with Crippen LogP contribution in [0, 0.1) is 5.82 Å². The number of nitrogens with zero attached hydrogens (tertiary/aromatic N) is 1. The number of hydrogen-bond donors (Lipinski definition) is 1. The van der Waals surface area contributed by atoms with Crippen LogP contribution in [0.15, 0.2) is 22.7 Å². The minimum absolute atomic E-state index is 0.0218. The molecule has 0 radical (unpaired) electrons. The number of rotatable bonds is 5. The zero-order valence-corrected chi connectivity index (χ0v) is 11.7. The van der Waals surface area contributed by atoms with Gasteiger partial charge in [-0.05, 0) is 46.5 Å².